The molecular weight excluding hydrogens is 382 g/mol. The maximum absolute atomic E-state index is 11.3. The summed E-state index contributed by atoms with van der Waals surface area (Å²) >= 11 is 3.24. The van der Waals surface area contributed by atoms with Gasteiger partial charge in [0, 0.05) is 31.7 Å². The zero-order valence-electron chi connectivity index (χ0n) is 15.4. The second-order valence-electron chi connectivity index (χ2n) is 6.44. The first kappa shape index (κ1) is 22.1. The Morgan fingerprint density at radius 1 is 1.24 bits per heavy atom. The first-order valence-corrected chi connectivity index (χ1v) is 9.97. The summed E-state index contributed by atoms with van der Waals surface area (Å²) in [7, 11) is 0. The molecule has 0 bridgehead atoms. The number of hydrogen-bond acceptors (Lipinski definition) is 5. The molecule has 0 spiro atoms. The van der Waals surface area contributed by atoms with Crippen molar-refractivity contribution in [1.82, 2.24) is 10.6 Å². The molecule has 0 amide bonds. The molecule has 2 rings (SSSR count). The minimum absolute atomic E-state index is 0.00868. The van der Waals surface area contributed by atoms with Crippen molar-refractivity contribution in [3.63, 3.8) is 0 Å². The van der Waals surface area contributed by atoms with Crippen LogP contribution in [0, 0.1) is 0 Å². The lowest BCUT2D eigenvalue weighted by molar-refractivity contribution is -0.144. The predicted octanol–water partition coefficient (Wildman–Crippen LogP) is 2.58. The Kier molecular flexibility index (Phi) is 11.0. The third-order valence-electron chi connectivity index (χ3n) is 4.02. The maximum Gasteiger partial charge on any atom is 0.320 e. The average Bonchev–Trinajstić information content (AvgIpc) is 2.85. The van der Waals surface area contributed by atoms with E-state index in [9.17, 15) is 4.79 Å². The highest BCUT2D eigenvalue weighted by Crippen LogP contribution is 2.09. The van der Waals surface area contributed by atoms with Gasteiger partial charge in [0.15, 0.2) is 0 Å². The van der Waals surface area contributed by atoms with Gasteiger partial charge in [0.05, 0.1) is 0 Å². The number of nitrogens with one attached hydrogen (secondary N) is 2. The molecule has 0 radical (unpaired) electrons. The van der Waals surface area contributed by atoms with E-state index in [0.29, 0.717) is 6.61 Å². The summed E-state index contributed by atoms with van der Waals surface area (Å²) in [6, 6.07) is 9.65. The highest BCUT2D eigenvalue weighted by molar-refractivity contribution is 9.10. The van der Waals surface area contributed by atoms with E-state index in [1.807, 2.05) is 37.3 Å². The molecule has 5 nitrogen and oxygen atoms in total. The van der Waals surface area contributed by atoms with Gasteiger partial charge in [-0.1, -0.05) is 66.5 Å². The highest BCUT2D eigenvalue weighted by Gasteiger charge is 2.24. The number of rotatable bonds is 6. The van der Waals surface area contributed by atoms with Gasteiger partial charge in [-0.2, -0.15) is 0 Å². The number of carbonyl (C=O) groups excluding carboxylic acids is 1. The molecule has 1 fully saturated rings. The Balaban J connectivity index is 0.000000257. The summed E-state index contributed by atoms with van der Waals surface area (Å²) in [4.78, 5) is 11.1. The van der Waals surface area contributed by atoms with Gasteiger partial charge in [0.25, 0.3) is 0 Å². The number of alkyl halides is 1. The molecule has 1 aromatic rings. The molecule has 25 heavy (non-hydrogen) atoms. The topological polar surface area (TPSA) is 76.4 Å². The largest absolute Gasteiger partial charge is 0.460 e. The van der Waals surface area contributed by atoms with Crippen molar-refractivity contribution in [3.8, 4) is 0 Å². The van der Waals surface area contributed by atoms with Gasteiger partial charge in [-0.25, -0.2) is 0 Å². The Bertz CT molecular complexity index is 477. The summed E-state index contributed by atoms with van der Waals surface area (Å²) < 4.78 is 5.09. The van der Waals surface area contributed by atoms with Crippen LogP contribution in [0.2, 0.25) is 0 Å². The lowest BCUT2D eigenvalue weighted by Gasteiger charge is -2.27. The Morgan fingerprint density at radius 3 is 2.36 bits per heavy atom. The zero-order chi connectivity index (χ0) is 18.5. The van der Waals surface area contributed by atoms with Crippen molar-refractivity contribution in [2.45, 2.75) is 50.1 Å². The normalized spacial score (nSPS) is 17.6. The van der Waals surface area contributed by atoms with E-state index in [4.69, 9.17) is 10.5 Å². The molecule has 0 unspecified atom stereocenters. The fraction of sp³-hybridized carbons (Fsp3) is 0.632. The average molecular weight is 414 g/mol. The fourth-order valence-corrected chi connectivity index (χ4v) is 2.71. The number of carbonyl (C=O) groups is 1. The molecule has 0 aromatic heterocycles. The molecule has 1 aromatic carbocycles. The van der Waals surface area contributed by atoms with E-state index in [0.717, 1.165) is 44.6 Å². The second-order valence-corrected chi connectivity index (χ2v) is 7.54. The van der Waals surface area contributed by atoms with Crippen molar-refractivity contribution in [1.29, 1.82) is 0 Å². The molecule has 6 heteroatoms. The third kappa shape index (κ3) is 9.35. The van der Waals surface area contributed by atoms with Crippen molar-refractivity contribution in [3.05, 3.63) is 35.9 Å². The lowest BCUT2D eigenvalue weighted by atomic mass is 9.95. The molecule has 1 atom stereocenters. The van der Waals surface area contributed by atoms with Crippen LogP contribution in [0.15, 0.2) is 30.3 Å². The molecule has 1 aliphatic heterocycles. The van der Waals surface area contributed by atoms with Crippen LogP contribution in [-0.4, -0.2) is 42.5 Å². The van der Waals surface area contributed by atoms with Crippen molar-refractivity contribution < 1.29 is 9.53 Å². The van der Waals surface area contributed by atoms with Gasteiger partial charge >= 0.3 is 5.97 Å². The van der Waals surface area contributed by atoms with Crippen LogP contribution < -0.4 is 16.4 Å². The van der Waals surface area contributed by atoms with Gasteiger partial charge < -0.3 is 21.1 Å². The van der Waals surface area contributed by atoms with Gasteiger partial charge in [0.1, 0.15) is 11.4 Å². The van der Waals surface area contributed by atoms with Crippen LogP contribution >= 0.6 is 15.9 Å². The highest BCUT2D eigenvalue weighted by atomic mass is 79.9. The smallest absolute Gasteiger partial charge is 0.320 e. The van der Waals surface area contributed by atoms with E-state index < -0.39 is 0 Å². The van der Waals surface area contributed by atoms with E-state index in [-0.39, 0.29) is 16.3 Å². The summed E-state index contributed by atoms with van der Waals surface area (Å²) in [6.07, 6.45) is 3.01. The number of benzene rings is 1. The maximum atomic E-state index is 11.3. The Morgan fingerprint density at radius 2 is 1.84 bits per heavy atom. The summed E-state index contributed by atoms with van der Waals surface area (Å²) in [6.45, 7) is 8.46. The number of ether oxygens (including phenoxy) is 1. The predicted molar refractivity (Wildman–Crippen MR) is 107 cm³/mol. The van der Waals surface area contributed by atoms with Gasteiger partial charge in [-0.15, -0.1) is 0 Å². The number of nitrogens with two attached hydrogens (primary N) is 1. The molecular formula is C19H32BrN3O2. The monoisotopic (exact) mass is 413 g/mol. The lowest BCUT2D eigenvalue weighted by Crippen LogP contribution is -2.52. The van der Waals surface area contributed by atoms with Crippen LogP contribution in [0.25, 0.3) is 0 Å². The summed E-state index contributed by atoms with van der Waals surface area (Å²) in [5, 5.41) is 6.67. The Hall–Kier alpha value is -0.950. The quantitative estimate of drug-likeness (QED) is 0.493. The number of esters is 1. The van der Waals surface area contributed by atoms with Crippen LogP contribution in [0.4, 0.5) is 0 Å². The van der Waals surface area contributed by atoms with Crippen LogP contribution in [0.1, 0.15) is 38.7 Å². The summed E-state index contributed by atoms with van der Waals surface area (Å²) in [5.41, 5.74) is 7.15. The molecule has 4 N–H and O–H groups in total. The van der Waals surface area contributed by atoms with Crippen molar-refractivity contribution >= 4 is 21.9 Å². The fourth-order valence-electron chi connectivity index (χ4n) is 2.57. The van der Waals surface area contributed by atoms with E-state index in [2.05, 4.69) is 33.5 Å². The Labute approximate surface area is 160 Å². The molecule has 1 aliphatic rings. The number of hydrogen-bond donors (Lipinski definition) is 3. The first-order chi connectivity index (χ1) is 12.0. The molecule has 0 saturated carbocycles. The molecule has 1 heterocycles. The van der Waals surface area contributed by atoms with Crippen molar-refractivity contribution in [2.75, 3.05) is 26.2 Å². The third-order valence-corrected chi connectivity index (χ3v) is 5.04. The van der Waals surface area contributed by atoms with Crippen LogP contribution in [-0.2, 0) is 16.1 Å². The molecule has 0 aliphatic carbocycles. The van der Waals surface area contributed by atoms with Crippen LogP contribution in [0.5, 0.6) is 0 Å². The molecule has 1 saturated heterocycles. The van der Waals surface area contributed by atoms with Crippen LogP contribution in [0.3, 0.4) is 0 Å². The molecule has 142 valence electrons. The van der Waals surface area contributed by atoms with Gasteiger partial charge in [-0.3, -0.25) is 4.79 Å². The first-order valence-electron chi connectivity index (χ1n) is 9.05. The van der Waals surface area contributed by atoms with Gasteiger partial charge in [0.2, 0.25) is 0 Å². The standard InChI is InChI=1S/C11H13BrO2.C8H19N3/c1-2-10(12)11(13)14-8-9-6-4-3-5-7-9;1-2-3-8(9)6-10-4-5-11-7-8/h3-7,10H,2,8H2,1H3;10-11H,2-7,9H2,1H3/t10-;/m0./s1. The SMILES string of the molecule is CCCC1(N)CNCCNC1.CC[C@H](Br)C(=O)OCc1ccccc1. The summed E-state index contributed by atoms with van der Waals surface area (Å²) in [5.74, 6) is -0.198. The van der Waals surface area contributed by atoms with E-state index in [1.165, 1.54) is 6.42 Å². The minimum Gasteiger partial charge on any atom is -0.460 e. The zero-order valence-corrected chi connectivity index (χ0v) is 17.0. The van der Waals surface area contributed by atoms with E-state index >= 15 is 0 Å². The van der Waals surface area contributed by atoms with Gasteiger partial charge in [-0.05, 0) is 18.4 Å². The van der Waals surface area contributed by atoms with Crippen molar-refractivity contribution in [2.24, 2.45) is 5.73 Å². The number of halogens is 1. The van der Waals surface area contributed by atoms with E-state index in [1.54, 1.807) is 0 Å². The minimum atomic E-state index is -0.198. The second kappa shape index (κ2) is 12.4.